The number of amides is 1. The molecule has 3 aromatic rings. The van der Waals surface area contributed by atoms with E-state index in [-0.39, 0.29) is 12.5 Å². The Bertz CT molecular complexity index is 939. The number of aromatic amines is 1. The Labute approximate surface area is 159 Å². The normalized spacial score (nSPS) is 10.5. The van der Waals surface area contributed by atoms with Gasteiger partial charge in [-0.05, 0) is 49.0 Å². The number of para-hydroxylation sites is 1. The third kappa shape index (κ3) is 4.25. The number of nitrogens with zero attached hydrogens (tertiary/aromatic N) is 2. The molecular formula is C17H15ClN4OS2. The minimum Gasteiger partial charge on any atom is -0.324 e. The zero-order chi connectivity index (χ0) is 17.8. The molecule has 0 saturated heterocycles. The minimum atomic E-state index is -0.171. The molecule has 2 N–H and O–H groups in total. The van der Waals surface area contributed by atoms with Crippen molar-refractivity contribution in [1.29, 1.82) is 0 Å². The first-order chi connectivity index (χ1) is 12.0. The summed E-state index contributed by atoms with van der Waals surface area (Å²) in [6.45, 7) is 1.97. The molecule has 128 valence electrons. The quantitative estimate of drug-likeness (QED) is 0.606. The van der Waals surface area contributed by atoms with E-state index in [1.807, 2.05) is 48.2 Å². The third-order valence-corrected chi connectivity index (χ3v) is 5.09. The van der Waals surface area contributed by atoms with Crippen LogP contribution in [0.3, 0.4) is 0 Å². The van der Waals surface area contributed by atoms with E-state index in [9.17, 15) is 4.79 Å². The molecule has 0 saturated carbocycles. The van der Waals surface area contributed by atoms with Crippen LogP contribution in [0.4, 0.5) is 16.5 Å². The summed E-state index contributed by atoms with van der Waals surface area (Å²) in [7, 11) is 0. The molecule has 0 aliphatic carbocycles. The van der Waals surface area contributed by atoms with Crippen LogP contribution in [0.15, 0.2) is 48.5 Å². The predicted octanol–water partition coefficient (Wildman–Crippen LogP) is 4.94. The topological polar surface area (TPSA) is 61.0 Å². The van der Waals surface area contributed by atoms with Gasteiger partial charge in [-0.15, -0.1) is 5.10 Å². The predicted molar refractivity (Wildman–Crippen MR) is 106 cm³/mol. The molecule has 0 aliphatic heterocycles. The lowest BCUT2D eigenvalue weighted by atomic mass is 10.2. The fourth-order valence-electron chi connectivity index (χ4n) is 2.29. The molecule has 25 heavy (non-hydrogen) atoms. The van der Waals surface area contributed by atoms with Gasteiger partial charge in [-0.3, -0.25) is 9.89 Å². The number of carbonyl (C=O) groups is 1. The standard InChI is InChI=1S/C17H15ClN4OS2/c1-11-13(18)8-5-9-14(11)19-15(23)10-22(12-6-3-2-4-7-12)16-20-21-17(24)25-16/h2-9H,10H2,1H3,(H,19,23)(H,21,24). The van der Waals surface area contributed by atoms with Crippen LogP contribution >= 0.6 is 35.2 Å². The van der Waals surface area contributed by atoms with Crippen molar-refractivity contribution in [3.63, 3.8) is 0 Å². The highest BCUT2D eigenvalue weighted by atomic mass is 35.5. The zero-order valence-electron chi connectivity index (χ0n) is 13.3. The Balaban J connectivity index is 1.84. The highest BCUT2D eigenvalue weighted by molar-refractivity contribution is 7.73. The molecule has 2 aromatic carbocycles. The van der Waals surface area contributed by atoms with Crippen molar-refractivity contribution < 1.29 is 4.79 Å². The van der Waals surface area contributed by atoms with Gasteiger partial charge in [0.05, 0.1) is 0 Å². The average molecular weight is 391 g/mol. The van der Waals surface area contributed by atoms with Gasteiger partial charge in [-0.25, -0.2) is 0 Å². The molecule has 0 spiro atoms. The van der Waals surface area contributed by atoms with Crippen molar-refractivity contribution in [1.82, 2.24) is 10.2 Å². The lowest BCUT2D eigenvalue weighted by molar-refractivity contribution is -0.114. The van der Waals surface area contributed by atoms with Gasteiger partial charge >= 0.3 is 0 Å². The SMILES string of the molecule is Cc1c(Cl)cccc1NC(=O)CN(c1ccccc1)c1n[nH]c(=S)s1. The van der Waals surface area contributed by atoms with Crippen molar-refractivity contribution >= 4 is 57.6 Å². The number of hydrogen-bond donors (Lipinski definition) is 2. The number of halogens is 1. The fourth-order valence-corrected chi connectivity index (χ4v) is 3.36. The van der Waals surface area contributed by atoms with Gasteiger partial charge in [-0.1, -0.05) is 47.2 Å². The smallest absolute Gasteiger partial charge is 0.244 e. The van der Waals surface area contributed by atoms with E-state index in [2.05, 4.69) is 15.5 Å². The lowest BCUT2D eigenvalue weighted by Gasteiger charge is -2.21. The summed E-state index contributed by atoms with van der Waals surface area (Å²) in [5.41, 5.74) is 2.39. The van der Waals surface area contributed by atoms with Crippen LogP contribution < -0.4 is 10.2 Å². The Morgan fingerprint density at radius 3 is 2.72 bits per heavy atom. The third-order valence-electron chi connectivity index (χ3n) is 3.57. The first-order valence-corrected chi connectivity index (χ1v) is 9.08. The summed E-state index contributed by atoms with van der Waals surface area (Å²) in [4.78, 5) is 14.4. The van der Waals surface area contributed by atoms with Crippen molar-refractivity contribution in [3.8, 4) is 0 Å². The van der Waals surface area contributed by atoms with Crippen LogP contribution in [0.25, 0.3) is 0 Å². The maximum atomic E-state index is 12.6. The molecule has 5 nitrogen and oxygen atoms in total. The number of carbonyl (C=O) groups excluding carboxylic acids is 1. The van der Waals surface area contributed by atoms with Crippen LogP contribution in [0, 0.1) is 10.9 Å². The van der Waals surface area contributed by atoms with Gasteiger partial charge in [0, 0.05) is 16.4 Å². The minimum absolute atomic E-state index is 0.103. The van der Waals surface area contributed by atoms with Crippen molar-refractivity contribution in [2.24, 2.45) is 0 Å². The molecule has 0 unspecified atom stereocenters. The zero-order valence-corrected chi connectivity index (χ0v) is 15.7. The summed E-state index contributed by atoms with van der Waals surface area (Å²) < 4.78 is 0.557. The van der Waals surface area contributed by atoms with E-state index in [4.69, 9.17) is 23.8 Å². The van der Waals surface area contributed by atoms with E-state index in [0.717, 1.165) is 11.3 Å². The molecule has 0 bridgehead atoms. The number of benzene rings is 2. The highest BCUT2D eigenvalue weighted by Crippen LogP contribution is 2.27. The maximum absolute atomic E-state index is 12.6. The number of hydrogen-bond acceptors (Lipinski definition) is 5. The monoisotopic (exact) mass is 390 g/mol. The number of rotatable bonds is 5. The van der Waals surface area contributed by atoms with Crippen molar-refractivity contribution in [3.05, 3.63) is 63.1 Å². The van der Waals surface area contributed by atoms with Gasteiger partial charge in [0.15, 0.2) is 3.95 Å². The summed E-state index contributed by atoms with van der Waals surface area (Å²) >= 11 is 12.5. The summed E-state index contributed by atoms with van der Waals surface area (Å²) in [6, 6.07) is 15.0. The first-order valence-electron chi connectivity index (χ1n) is 7.47. The summed E-state index contributed by atoms with van der Waals surface area (Å²) in [5, 5.41) is 11.1. The van der Waals surface area contributed by atoms with Gasteiger partial charge in [0.2, 0.25) is 11.0 Å². The fraction of sp³-hybridized carbons (Fsp3) is 0.118. The Kier molecular flexibility index (Phi) is 5.47. The summed E-state index contributed by atoms with van der Waals surface area (Å²) in [5.74, 6) is -0.171. The second-order valence-electron chi connectivity index (χ2n) is 5.28. The van der Waals surface area contributed by atoms with E-state index in [1.54, 1.807) is 12.1 Å². The second-order valence-corrected chi connectivity index (χ2v) is 7.33. The Hall–Kier alpha value is -2.22. The van der Waals surface area contributed by atoms with Gasteiger partial charge in [-0.2, -0.15) is 0 Å². The molecule has 0 fully saturated rings. The van der Waals surface area contributed by atoms with Crippen molar-refractivity contribution in [2.75, 3.05) is 16.8 Å². The molecule has 0 aliphatic rings. The first kappa shape index (κ1) is 17.6. The van der Waals surface area contributed by atoms with Crippen molar-refractivity contribution in [2.45, 2.75) is 6.92 Å². The molecule has 1 aromatic heterocycles. The van der Waals surface area contributed by atoms with E-state index in [0.29, 0.717) is 19.8 Å². The maximum Gasteiger partial charge on any atom is 0.244 e. The van der Waals surface area contributed by atoms with Crippen LogP contribution in [-0.4, -0.2) is 22.6 Å². The van der Waals surface area contributed by atoms with E-state index in [1.165, 1.54) is 11.3 Å². The van der Waals surface area contributed by atoms with Gasteiger partial charge in [0.25, 0.3) is 0 Å². The molecule has 1 amide bonds. The second kappa shape index (κ2) is 7.77. The highest BCUT2D eigenvalue weighted by Gasteiger charge is 2.17. The molecule has 8 heteroatoms. The Morgan fingerprint density at radius 1 is 1.28 bits per heavy atom. The lowest BCUT2D eigenvalue weighted by Crippen LogP contribution is -2.30. The van der Waals surface area contributed by atoms with Gasteiger partial charge in [0.1, 0.15) is 6.54 Å². The number of anilines is 3. The van der Waals surface area contributed by atoms with E-state index < -0.39 is 0 Å². The number of aromatic nitrogens is 2. The van der Waals surface area contributed by atoms with Crippen LogP contribution in [0.5, 0.6) is 0 Å². The molecule has 1 heterocycles. The van der Waals surface area contributed by atoms with Crippen LogP contribution in [-0.2, 0) is 4.79 Å². The molecule has 0 atom stereocenters. The largest absolute Gasteiger partial charge is 0.324 e. The van der Waals surface area contributed by atoms with E-state index >= 15 is 0 Å². The Morgan fingerprint density at radius 2 is 2.04 bits per heavy atom. The van der Waals surface area contributed by atoms with Gasteiger partial charge < -0.3 is 10.2 Å². The van der Waals surface area contributed by atoms with Crippen LogP contribution in [0.1, 0.15) is 5.56 Å². The van der Waals surface area contributed by atoms with Crippen LogP contribution in [0.2, 0.25) is 5.02 Å². The molecular weight excluding hydrogens is 376 g/mol. The number of nitrogens with one attached hydrogen (secondary N) is 2. The summed E-state index contributed by atoms with van der Waals surface area (Å²) in [6.07, 6.45) is 0. The average Bonchev–Trinajstić information content (AvgIpc) is 3.04. The molecule has 0 radical (unpaired) electrons. The molecule has 3 rings (SSSR count). The number of H-pyrrole nitrogens is 1.